The molecule has 3 heterocycles. The molecule has 0 radical (unpaired) electrons. The number of benzene rings is 9. The molecule has 0 aliphatic rings. The Balaban J connectivity index is 1.15. The van der Waals surface area contributed by atoms with Gasteiger partial charge in [-0.15, -0.1) is 0 Å². The summed E-state index contributed by atoms with van der Waals surface area (Å²) in [5, 5.41) is 11.8. The van der Waals surface area contributed by atoms with Crippen LogP contribution in [0.5, 0.6) is 0 Å². The zero-order chi connectivity index (χ0) is 37.5. The lowest BCUT2D eigenvalue weighted by molar-refractivity contribution is 0.600. The van der Waals surface area contributed by atoms with E-state index in [9.17, 15) is 0 Å². The summed E-state index contributed by atoms with van der Waals surface area (Å²) in [5.41, 5.74) is 10.2. The molecule has 0 amide bonds. The number of aromatic nitrogens is 2. The fourth-order valence-electron chi connectivity index (χ4n) is 9.10. The van der Waals surface area contributed by atoms with Crippen LogP contribution >= 0.6 is 0 Å². The Morgan fingerprint density at radius 1 is 0.333 bits per heavy atom. The van der Waals surface area contributed by atoms with E-state index in [0.717, 1.165) is 88.7 Å². The van der Waals surface area contributed by atoms with Crippen molar-refractivity contribution in [3.8, 4) is 56.2 Å². The number of nitrogens with zero attached hydrogens (tertiary/aromatic N) is 2. The first-order valence-electron chi connectivity index (χ1n) is 19.4. The molecule has 9 aromatic carbocycles. The molecule has 0 fully saturated rings. The number of pyridine rings is 2. The van der Waals surface area contributed by atoms with Crippen molar-refractivity contribution >= 4 is 64.9 Å². The SMILES string of the molecule is c1ccc(-c2c(-c3ccc(-c4ccc5ccc6cccnc6c5n4)c4ccccc34)oc(-c3ccc4ccc5cccc6ccc3c4c56)c2-c2ccccc2)cc1. The highest BCUT2D eigenvalue weighted by Gasteiger charge is 2.28. The summed E-state index contributed by atoms with van der Waals surface area (Å²) < 4.78 is 7.45. The van der Waals surface area contributed by atoms with Crippen LogP contribution < -0.4 is 0 Å². The lowest BCUT2D eigenvalue weighted by Crippen LogP contribution is -1.91. The molecule has 3 nitrogen and oxygen atoms in total. The maximum atomic E-state index is 7.45. The molecule has 12 rings (SSSR count). The van der Waals surface area contributed by atoms with Crippen molar-refractivity contribution in [3.63, 3.8) is 0 Å². The third-order valence-electron chi connectivity index (χ3n) is 11.7. The van der Waals surface area contributed by atoms with Crippen molar-refractivity contribution in [2.24, 2.45) is 0 Å². The molecule has 0 atom stereocenters. The molecular formula is C54H32N2O. The van der Waals surface area contributed by atoms with Crippen molar-refractivity contribution in [3.05, 3.63) is 194 Å². The highest BCUT2D eigenvalue weighted by Crippen LogP contribution is 2.52. The molecule has 12 aromatic rings. The van der Waals surface area contributed by atoms with Crippen LogP contribution in [0.1, 0.15) is 0 Å². The Hall–Kier alpha value is -7.62. The smallest absolute Gasteiger partial charge is 0.143 e. The summed E-state index contributed by atoms with van der Waals surface area (Å²) in [7, 11) is 0. The van der Waals surface area contributed by atoms with Gasteiger partial charge in [0.1, 0.15) is 11.5 Å². The fraction of sp³-hybridized carbons (Fsp3) is 0. The van der Waals surface area contributed by atoms with Crippen molar-refractivity contribution in [2.75, 3.05) is 0 Å². The average molecular weight is 725 g/mol. The Kier molecular flexibility index (Phi) is 6.93. The second kappa shape index (κ2) is 12.5. The summed E-state index contributed by atoms with van der Waals surface area (Å²) in [5.74, 6) is 1.70. The molecule has 3 heteroatoms. The molecule has 3 aromatic heterocycles. The quantitative estimate of drug-likeness (QED) is 0.166. The summed E-state index contributed by atoms with van der Waals surface area (Å²) in [6.45, 7) is 0. The number of fused-ring (bicyclic) bond motifs is 4. The molecule has 264 valence electrons. The molecule has 0 saturated carbocycles. The van der Waals surface area contributed by atoms with Gasteiger partial charge < -0.3 is 4.42 Å². The Labute approximate surface area is 328 Å². The van der Waals surface area contributed by atoms with Gasteiger partial charge in [-0.05, 0) is 78.5 Å². The zero-order valence-electron chi connectivity index (χ0n) is 30.8. The summed E-state index contributed by atoms with van der Waals surface area (Å²) in [6, 6.07) is 67.1. The van der Waals surface area contributed by atoms with Crippen molar-refractivity contribution in [1.29, 1.82) is 0 Å². The predicted octanol–water partition coefficient (Wildman–Crippen LogP) is 14.8. The fourth-order valence-corrected chi connectivity index (χ4v) is 9.10. The largest absolute Gasteiger partial charge is 0.455 e. The van der Waals surface area contributed by atoms with E-state index in [1.807, 2.05) is 12.3 Å². The first kappa shape index (κ1) is 31.7. The van der Waals surface area contributed by atoms with Gasteiger partial charge >= 0.3 is 0 Å². The van der Waals surface area contributed by atoms with Crippen molar-refractivity contribution < 1.29 is 4.42 Å². The first-order chi connectivity index (χ1) is 28.3. The first-order valence-corrected chi connectivity index (χ1v) is 19.4. The topological polar surface area (TPSA) is 38.9 Å². The summed E-state index contributed by atoms with van der Waals surface area (Å²) in [4.78, 5) is 9.99. The van der Waals surface area contributed by atoms with Crippen LogP contribution in [0, 0.1) is 0 Å². The highest BCUT2D eigenvalue weighted by atomic mass is 16.3. The maximum absolute atomic E-state index is 7.45. The molecular weight excluding hydrogens is 693 g/mol. The third-order valence-corrected chi connectivity index (χ3v) is 11.7. The molecule has 0 spiro atoms. The van der Waals surface area contributed by atoms with Gasteiger partial charge in [-0.1, -0.05) is 164 Å². The van der Waals surface area contributed by atoms with E-state index in [-0.39, 0.29) is 0 Å². The standard InChI is InChI=1S/C54H32N2O/c1-3-11-33(12-4-1)49-50(34-13-5-2-6-14-34)54(45-28-25-37-21-20-35-15-9-16-36-24-27-43(45)48(37)47(35)36)57-53(49)44-30-29-42(40-18-7-8-19-41(40)44)46-31-26-39-23-22-38-17-10-32-55-51(38)52(39)56-46/h1-32H. The van der Waals surface area contributed by atoms with Crippen molar-refractivity contribution in [1.82, 2.24) is 9.97 Å². The lowest BCUT2D eigenvalue weighted by Gasteiger charge is -2.14. The number of hydrogen-bond acceptors (Lipinski definition) is 3. The minimum Gasteiger partial charge on any atom is -0.455 e. The Morgan fingerprint density at radius 3 is 1.56 bits per heavy atom. The monoisotopic (exact) mass is 724 g/mol. The van der Waals surface area contributed by atoms with Gasteiger partial charge in [-0.25, -0.2) is 4.98 Å². The summed E-state index contributed by atoms with van der Waals surface area (Å²) in [6.07, 6.45) is 1.84. The van der Waals surface area contributed by atoms with Gasteiger partial charge in [-0.3, -0.25) is 4.98 Å². The van der Waals surface area contributed by atoms with Gasteiger partial charge in [0, 0.05) is 44.8 Å². The van der Waals surface area contributed by atoms with Gasteiger partial charge in [0.15, 0.2) is 0 Å². The van der Waals surface area contributed by atoms with Gasteiger partial charge in [0.05, 0.1) is 16.7 Å². The minimum absolute atomic E-state index is 0.838. The molecule has 0 N–H and O–H groups in total. The van der Waals surface area contributed by atoms with Crippen LogP contribution in [0.15, 0.2) is 199 Å². The molecule has 0 bridgehead atoms. The van der Waals surface area contributed by atoms with E-state index in [2.05, 4.69) is 182 Å². The van der Waals surface area contributed by atoms with E-state index >= 15 is 0 Å². The van der Waals surface area contributed by atoms with E-state index in [0.29, 0.717) is 0 Å². The van der Waals surface area contributed by atoms with Gasteiger partial charge in [0.2, 0.25) is 0 Å². The van der Waals surface area contributed by atoms with E-state index in [4.69, 9.17) is 14.4 Å². The van der Waals surface area contributed by atoms with Gasteiger partial charge in [0.25, 0.3) is 0 Å². The average Bonchev–Trinajstić information content (AvgIpc) is 3.68. The van der Waals surface area contributed by atoms with Crippen LogP contribution in [-0.2, 0) is 0 Å². The van der Waals surface area contributed by atoms with Crippen LogP contribution in [0.4, 0.5) is 0 Å². The predicted molar refractivity (Wildman–Crippen MR) is 238 cm³/mol. The molecule has 0 unspecified atom stereocenters. The molecule has 0 aliphatic heterocycles. The summed E-state index contributed by atoms with van der Waals surface area (Å²) >= 11 is 0. The van der Waals surface area contributed by atoms with Crippen LogP contribution in [0.3, 0.4) is 0 Å². The Bertz CT molecular complexity index is 3500. The molecule has 0 saturated heterocycles. The normalized spacial score (nSPS) is 11.9. The van der Waals surface area contributed by atoms with Crippen LogP contribution in [-0.4, -0.2) is 9.97 Å². The van der Waals surface area contributed by atoms with E-state index in [1.165, 1.54) is 32.3 Å². The Morgan fingerprint density at radius 2 is 0.842 bits per heavy atom. The zero-order valence-corrected chi connectivity index (χ0v) is 30.8. The van der Waals surface area contributed by atoms with E-state index in [1.54, 1.807) is 0 Å². The van der Waals surface area contributed by atoms with Crippen LogP contribution in [0.2, 0.25) is 0 Å². The molecule has 57 heavy (non-hydrogen) atoms. The highest BCUT2D eigenvalue weighted by molar-refractivity contribution is 6.26. The second-order valence-electron chi connectivity index (χ2n) is 14.8. The number of furan rings is 1. The minimum atomic E-state index is 0.838. The van der Waals surface area contributed by atoms with Crippen molar-refractivity contribution in [2.45, 2.75) is 0 Å². The number of hydrogen-bond donors (Lipinski definition) is 0. The van der Waals surface area contributed by atoms with Gasteiger partial charge in [-0.2, -0.15) is 0 Å². The van der Waals surface area contributed by atoms with Crippen LogP contribution in [0.25, 0.3) is 121 Å². The number of rotatable bonds is 5. The molecule has 0 aliphatic carbocycles. The van der Waals surface area contributed by atoms with E-state index < -0.39 is 0 Å². The second-order valence-corrected chi connectivity index (χ2v) is 14.8. The lowest BCUT2D eigenvalue weighted by atomic mass is 9.87. The third kappa shape index (κ3) is 4.86. The maximum Gasteiger partial charge on any atom is 0.143 e.